The quantitative estimate of drug-likeness (QED) is 0.202. The zero-order valence-electron chi connectivity index (χ0n) is 20.0. The zero-order chi connectivity index (χ0) is 26.1. The molecule has 1 aliphatic rings. The van der Waals surface area contributed by atoms with Gasteiger partial charge in [0.25, 0.3) is 5.91 Å². The van der Waals surface area contributed by atoms with Gasteiger partial charge in [0, 0.05) is 11.3 Å². The van der Waals surface area contributed by atoms with Gasteiger partial charge in [0.15, 0.2) is 11.7 Å². The van der Waals surface area contributed by atoms with Crippen molar-refractivity contribution in [2.45, 2.75) is 19.9 Å². The number of carbonyl (C=O) groups excluding carboxylic acids is 3. The van der Waals surface area contributed by atoms with E-state index in [-0.39, 0.29) is 13.2 Å². The Balaban J connectivity index is 1.66. The first-order valence-corrected chi connectivity index (χ1v) is 11.4. The number of esters is 2. The number of methoxy groups -OCH3 is 1. The van der Waals surface area contributed by atoms with Crippen molar-refractivity contribution in [3.63, 3.8) is 0 Å². The van der Waals surface area contributed by atoms with Crippen molar-refractivity contribution < 1.29 is 28.6 Å². The maximum atomic E-state index is 12.6. The van der Waals surface area contributed by atoms with E-state index < -0.39 is 23.9 Å². The number of para-hydroxylation sites is 1. The zero-order valence-corrected chi connectivity index (χ0v) is 20.8. The van der Waals surface area contributed by atoms with E-state index in [1.165, 1.54) is 13.3 Å². The van der Waals surface area contributed by atoms with Gasteiger partial charge in [-0.3, -0.25) is 4.79 Å². The maximum Gasteiger partial charge on any atom is 0.338 e. The second kappa shape index (κ2) is 12.5. The predicted octanol–water partition coefficient (Wildman–Crippen LogP) is 2.36. The molecule has 0 saturated heterocycles. The van der Waals surface area contributed by atoms with Crippen LogP contribution >= 0.6 is 12.2 Å². The molecule has 3 N–H and O–H groups in total. The summed E-state index contributed by atoms with van der Waals surface area (Å²) >= 11 is 5.28. The molecule has 0 saturated carbocycles. The summed E-state index contributed by atoms with van der Waals surface area (Å²) in [5.74, 6) is -1.01. The Kier molecular flexibility index (Phi) is 9.12. The molecule has 1 atom stereocenters. The Bertz CT molecular complexity index is 1210. The highest BCUT2D eigenvalue weighted by Gasteiger charge is 2.32. The lowest BCUT2D eigenvalue weighted by Crippen LogP contribution is -2.45. The van der Waals surface area contributed by atoms with E-state index in [0.29, 0.717) is 38.8 Å². The molecule has 0 bridgehead atoms. The van der Waals surface area contributed by atoms with Crippen LogP contribution in [-0.2, 0) is 19.1 Å². The molecule has 36 heavy (non-hydrogen) atoms. The van der Waals surface area contributed by atoms with Crippen LogP contribution in [0.1, 0.15) is 41.4 Å². The molecule has 0 radical (unpaired) electrons. The standard InChI is InChI=1S/C25H26N4O6S/c1-4-34-24(32)21-15(2)27-25(36)28-22(21)18-7-5-6-8-19(18)35-14-20(30)29-26-13-16-9-11-17(12-10-16)23(31)33-3/h5-13,22H,4,14H2,1-3H3,(H,29,30)(H2,27,28,36)/t22-/m0/s1. The third-order valence-corrected chi connectivity index (χ3v) is 5.31. The number of carbonyl (C=O) groups is 3. The normalized spacial score (nSPS) is 15.1. The molecule has 1 heterocycles. The molecular weight excluding hydrogens is 484 g/mol. The SMILES string of the molecule is CCOC(=O)C1=C(C)NC(=S)N[C@H]1c1ccccc1OCC(=O)NN=Cc1ccc(C(=O)OC)cc1. The number of thiocarbonyl (C=S) groups is 1. The summed E-state index contributed by atoms with van der Waals surface area (Å²) in [5.41, 5.74) is 5.03. The highest BCUT2D eigenvalue weighted by molar-refractivity contribution is 7.80. The van der Waals surface area contributed by atoms with Gasteiger partial charge in [-0.2, -0.15) is 5.10 Å². The first-order chi connectivity index (χ1) is 17.3. The minimum atomic E-state index is -0.622. The number of hydrogen-bond donors (Lipinski definition) is 3. The van der Waals surface area contributed by atoms with Crippen molar-refractivity contribution in [1.82, 2.24) is 16.1 Å². The molecule has 0 unspecified atom stereocenters. The van der Waals surface area contributed by atoms with Gasteiger partial charge in [-0.25, -0.2) is 15.0 Å². The number of ether oxygens (including phenoxy) is 3. The van der Waals surface area contributed by atoms with E-state index in [9.17, 15) is 14.4 Å². The third kappa shape index (κ3) is 6.66. The number of amides is 1. The molecular formula is C25H26N4O6S. The summed E-state index contributed by atoms with van der Waals surface area (Å²) in [6.07, 6.45) is 1.44. The van der Waals surface area contributed by atoms with Gasteiger partial charge in [-0.1, -0.05) is 30.3 Å². The minimum Gasteiger partial charge on any atom is -0.483 e. The van der Waals surface area contributed by atoms with Gasteiger partial charge >= 0.3 is 11.9 Å². The van der Waals surface area contributed by atoms with Crippen molar-refractivity contribution in [2.24, 2.45) is 5.10 Å². The Labute approximate surface area is 213 Å². The highest BCUT2D eigenvalue weighted by atomic mass is 32.1. The third-order valence-electron chi connectivity index (χ3n) is 5.09. The molecule has 3 rings (SSSR count). The molecule has 1 aliphatic heterocycles. The molecule has 1 amide bonds. The summed E-state index contributed by atoms with van der Waals surface area (Å²) in [6.45, 7) is 3.38. The average molecular weight is 511 g/mol. The number of rotatable bonds is 9. The van der Waals surface area contributed by atoms with Crippen LogP contribution in [0.4, 0.5) is 0 Å². The fourth-order valence-electron chi connectivity index (χ4n) is 3.43. The van der Waals surface area contributed by atoms with Gasteiger partial charge in [-0.15, -0.1) is 0 Å². The number of hydrazone groups is 1. The number of nitrogens with one attached hydrogen (secondary N) is 3. The molecule has 10 nitrogen and oxygen atoms in total. The Morgan fingerprint density at radius 1 is 1.11 bits per heavy atom. The van der Waals surface area contributed by atoms with Crippen molar-refractivity contribution in [3.8, 4) is 5.75 Å². The van der Waals surface area contributed by atoms with Crippen molar-refractivity contribution in [3.05, 3.63) is 76.5 Å². The van der Waals surface area contributed by atoms with E-state index in [0.717, 1.165) is 0 Å². The molecule has 2 aromatic rings. The highest BCUT2D eigenvalue weighted by Crippen LogP contribution is 2.33. The van der Waals surface area contributed by atoms with E-state index in [4.69, 9.17) is 21.7 Å². The predicted molar refractivity (Wildman–Crippen MR) is 136 cm³/mol. The summed E-state index contributed by atoms with van der Waals surface area (Å²) < 4.78 is 15.6. The van der Waals surface area contributed by atoms with Crippen LogP contribution in [0, 0.1) is 0 Å². The number of nitrogens with zero attached hydrogens (tertiary/aromatic N) is 1. The molecule has 188 valence electrons. The summed E-state index contributed by atoms with van der Waals surface area (Å²) in [5, 5.41) is 10.3. The van der Waals surface area contributed by atoms with E-state index >= 15 is 0 Å². The molecule has 2 aromatic carbocycles. The average Bonchev–Trinajstić information content (AvgIpc) is 2.87. The minimum absolute atomic E-state index is 0.223. The number of benzene rings is 2. The largest absolute Gasteiger partial charge is 0.483 e. The van der Waals surface area contributed by atoms with Crippen LogP contribution in [0.3, 0.4) is 0 Å². The second-order valence-electron chi connectivity index (χ2n) is 7.52. The summed E-state index contributed by atoms with van der Waals surface area (Å²) in [6, 6.07) is 12.9. The molecule has 11 heteroatoms. The van der Waals surface area contributed by atoms with Gasteiger partial charge in [-0.05, 0) is 49.8 Å². The Hall–Kier alpha value is -4.25. The van der Waals surface area contributed by atoms with Gasteiger partial charge < -0.3 is 24.8 Å². The monoisotopic (exact) mass is 510 g/mol. The molecule has 0 aromatic heterocycles. The molecule has 0 fully saturated rings. The number of hydrogen-bond acceptors (Lipinski definition) is 8. The lowest BCUT2D eigenvalue weighted by Gasteiger charge is -2.30. The van der Waals surface area contributed by atoms with Gasteiger partial charge in [0.2, 0.25) is 0 Å². The van der Waals surface area contributed by atoms with Gasteiger partial charge in [0.05, 0.1) is 37.1 Å². The summed E-state index contributed by atoms with van der Waals surface area (Å²) in [4.78, 5) is 36.4. The van der Waals surface area contributed by atoms with Gasteiger partial charge in [0.1, 0.15) is 5.75 Å². The first-order valence-electron chi connectivity index (χ1n) is 11.0. The van der Waals surface area contributed by atoms with E-state index in [1.54, 1.807) is 62.4 Å². The van der Waals surface area contributed by atoms with Crippen LogP contribution in [0.2, 0.25) is 0 Å². The topological polar surface area (TPSA) is 127 Å². The second-order valence-corrected chi connectivity index (χ2v) is 7.93. The fraction of sp³-hybridized carbons (Fsp3) is 0.240. The van der Waals surface area contributed by atoms with E-state index in [1.807, 2.05) is 0 Å². The maximum absolute atomic E-state index is 12.6. The number of allylic oxidation sites excluding steroid dienone is 1. The molecule has 0 spiro atoms. The van der Waals surface area contributed by atoms with Crippen molar-refractivity contribution >= 4 is 41.4 Å². The lowest BCUT2D eigenvalue weighted by atomic mass is 9.95. The van der Waals surface area contributed by atoms with E-state index in [2.05, 4.69) is 25.9 Å². The fourth-order valence-corrected chi connectivity index (χ4v) is 3.71. The first kappa shape index (κ1) is 26.4. The van der Waals surface area contributed by atoms with Crippen LogP contribution in [0.5, 0.6) is 5.75 Å². The van der Waals surface area contributed by atoms with Crippen LogP contribution < -0.4 is 20.8 Å². The smallest absolute Gasteiger partial charge is 0.338 e. The lowest BCUT2D eigenvalue weighted by molar-refractivity contribution is -0.139. The van der Waals surface area contributed by atoms with Crippen molar-refractivity contribution in [2.75, 3.05) is 20.3 Å². The summed E-state index contributed by atoms with van der Waals surface area (Å²) in [7, 11) is 1.31. The van der Waals surface area contributed by atoms with Crippen molar-refractivity contribution in [1.29, 1.82) is 0 Å². The van der Waals surface area contributed by atoms with Crippen LogP contribution in [0.25, 0.3) is 0 Å². The Morgan fingerprint density at radius 3 is 2.53 bits per heavy atom. The van der Waals surface area contributed by atoms with Crippen LogP contribution in [-0.4, -0.2) is 49.5 Å². The Morgan fingerprint density at radius 2 is 1.83 bits per heavy atom. The van der Waals surface area contributed by atoms with Crippen LogP contribution in [0.15, 0.2) is 64.9 Å². The molecule has 0 aliphatic carbocycles.